The van der Waals surface area contributed by atoms with E-state index in [0.717, 1.165) is 25.5 Å². The van der Waals surface area contributed by atoms with Crippen LogP contribution in [0.5, 0.6) is 5.75 Å². The van der Waals surface area contributed by atoms with Gasteiger partial charge in [-0.05, 0) is 45.1 Å². The summed E-state index contributed by atoms with van der Waals surface area (Å²) < 4.78 is 68.0. The second-order valence-electron chi connectivity index (χ2n) is 9.36. The van der Waals surface area contributed by atoms with Gasteiger partial charge in [0.25, 0.3) is 5.91 Å². The first-order valence-electron chi connectivity index (χ1n) is 11.3. The van der Waals surface area contributed by atoms with Gasteiger partial charge in [-0.3, -0.25) is 9.78 Å². The van der Waals surface area contributed by atoms with Gasteiger partial charge in [-0.2, -0.15) is 13.2 Å². The van der Waals surface area contributed by atoms with Crippen molar-refractivity contribution in [3.05, 3.63) is 35.4 Å². The summed E-state index contributed by atoms with van der Waals surface area (Å²) in [5.74, 6) is -0.997. The van der Waals surface area contributed by atoms with Gasteiger partial charge in [-0.15, -0.1) is 0 Å². The highest BCUT2D eigenvalue weighted by molar-refractivity contribution is 7.90. The van der Waals surface area contributed by atoms with E-state index in [1.807, 2.05) is 6.92 Å². The first-order chi connectivity index (χ1) is 16.2. The normalized spacial score (nSPS) is 20.6. The molecule has 0 aromatic carbocycles. The predicted octanol–water partition coefficient (Wildman–Crippen LogP) is 4.14. The van der Waals surface area contributed by atoms with Crippen molar-refractivity contribution in [1.82, 2.24) is 10.3 Å². The van der Waals surface area contributed by atoms with Gasteiger partial charge in [0.1, 0.15) is 27.0 Å². The number of nitrogens with zero attached hydrogens (tertiary/aromatic N) is 2. The molecular weight excluding hydrogens is 487 g/mol. The van der Waals surface area contributed by atoms with Crippen LogP contribution in [0, 0.1) is 5.92 Å². The number of hydrogen-bond acceptors (Lipinski definition) is 7. The Kier molecular flexibility index (Phi) is 7.83. The lowest BCUT2D eigenvalue weighted by Gasteiger charge is -2.35. The Bertz CT molecular complexity index is 1130. The minimum atomic E-state index is -4.55. The molecule has 2 atom stereocenters. The van der Waals surface area contributed by atoms with Crippen molar-refractivity contribution in [3.8, 4) is 5.75 Å². The standard InChI is InChI=1S/C23H30F3N3O5S/c1-5-15-9-14(2)34-29-20(15)22(3,13-35(4,31)32)28-21(30)18-10-19(33-12-23(24,25)26)17(11-27-18)16-7-6-8-16/h9-11,15-16H,5-8,12-13H2,1-4H3,(H,28,30). The highest BCUT2D eigenvalue weighted by Gasteiger charge is 2.41. The van der Waals surface area contributed by atoms with Crippen LogP contribution >= 0.6 is 0 Å². The van der Waals surface area contributed by atoms with Gasteiger partial charge in [0, 0.05) is 30.0 Å². The summed E-state index contributed by atoms with van der Waals surface area (Å²) in [6, 6.07) is 1.18. The number of allylic oxidation sites excluding steroid dienone is 2. The van der Waals surface area contributed by atoms with Gasteiger partial charge in [0.15, 0.2) is 6.61 Å². The lowest BCUT2D eigenvalue weighted by atomic mass is 9.80. The SMILES string of the molecule is CCC1C=C(C)ON=C1C(C)(CS(C)(=O)=O)NC(=O)c1cc(OCC(F)(F)F)c(C2CCC2)cn1. The molecule has 0 radical (unpaired) electrons. The summed E-state index contributed by atoms with van der Waals surface area (Å²) in [5.41, 5.74) is -0.803. The van der Waals surface area contributed by atoms with E-state index in [1.165, 1.54) is 19.2 Å². The number of oxime groups is 1. The molecule has 1 amide bonds. The third-order valence-electron chi connectivity index (χ3n) is 6.08. The second kappa shape index (κ2) is 10.2. The molecule has 1 fully saturated rings. The number of sulfone groups is 1. The molecule has 1 aromatic heterocycles. The summed E-state index contributed by atoms with van der Waals surface area (Å²) >= 11 is 0. The monoisotopic (exact) mass is 517 g/mol. The molecule has 2 aliphatic rings. The molecule has 194 valence electrons. The quantitative estimate of drug-likeness (QED) is 0.528. The molecule has 0 spiro atoms. The van der Waals surface area contributed by atoms with E-state index in [2.05, 4.69) is 15.5 Å². The van der Waals surface area contributed by atoms with Crippen LogP contribution in [-0.2, 0) is 14.7 Å². The number of hydrogen-bond donors (Lipinski definition) is 1. The molecule has 0 saturated heterocycles. The van der Waals surface area contributed by atoms with Crippen molar-refractivity contribution >= 4 is 21.5 Å². The van der Waals surface area contributed by atoms with Gasteiger partial charge in [-0.25, -0.2) is 8.42 Å². The third-order valence-corrected chi connectivity index (χ3v) is 7.19. The number of pyridine rings is 1. The van der Waals surface area contributed by atoms with Crippen molar-refractivity contribution in [1.29, 1.82) is 0 Å². The van der Waals surface area contributed by atoms with Crippen LogP contribution in [0.15, 0.2) is 29.3 Å². The number of carbonyl (C=O) groups is 1. The van der Waals surface area contributed by atoms with Crippen molar-refractivity contribution in [3.63, 3.8) is 0 Å². The molecular formula is C23H30F3N3O5S. The van der Waals surface area contributed by atoms with E-state index >= 15 is 0 Å². The maximum atomic E-state index is 13.2. The minimum Gasteiger partial charge on any atom is -0.484 e. The average Bonchev–Trinajstić information content (AvgIpc) is 2.69. The second-order valence-corrected chi connectivity index (χ2v) is 11.5. The third kappa shape index (κ3) is 6.96. The average molecular weight is 518 g/mol. The molecule has 1 aliphatic carbocycles. The van der Waals surface area contributed by atoms with Crippen LogP contribution in [0.25, 0.3) is 0 Å². The fourth-order valence-electron chi connectivity index (χ4n) is 4.30. The predicted molar refractivity (Wildman–Crippen MR) is 124 cm³/mol. The molecule has 2 heterocycles. The molecule has 2 unspecified atom stereocenters. The van der Waals surface area contributed by atoms with Gasteiger partial charge in [0.2, 0.25) is 0 Å². The molecule has 1 aromatic rings. The summed E-state index contributed by atoms with van der Waals surface area (Å²) in [6.07, 6.45) is 2.78. The first kappa shape index (κ1) is 27.0. The van der Waals surface area contributed by atoms with E-state index in [-0.39, 0.29) is 23.3 Å². The van der Waals surface area contributed by atoms with Gasteiger partial charge >= 0.3 is 6.18 Å². The Morgan fingerprint density at radius 3 is 2.54 bits per heavy atom. The molecule has 1 N–H and O–H groups in total. The summed E-state index contributed by atoms with van der Waals surface area (Å²) in [6.45, 7) is 3.63. The van der Waals surface area contributed by atoms with E-state index < -0.39 is 39.8 Å². The summed E-state index contributed by atoms with van der Waals surface area (Å²) in [5, 5.41) is 6.79. The first-order valence-corrected chi connectivity index (χ1v) is 13.4. The van der Waals surface area contributed by atoms with E-state index in [1.54, 1.807) is 13.0 Å². The van der Waals surface area contributed by atoms with Crippen LogP contribution in [0.3, 0.4) is 0 Å². The fourth-order valence-corrected chi connectivity index (χ4v) is 5.57. The number of rotatable bonds is 9. The molecule has 1 aliphatic heterocycles. The molecule has 35 heavy (non-hydrogen) atoms. The largest absolute Gasteiger partial charge is 0.484 e. The van der Waals surface area contributed by atoms with Crippen LogP contribution < -0.4 is 10.1 Å². The molecule has 1 saturated carbocycles. The fraction of sp³-hybridized carbons (Fsp3) is 0.609. The lowest BCUT2D eigenvalue weighted by Crippen LogP contribution is -2.58. The summed E-state index contributed by atoms with van der Waals surface area (Å²) in [7, 11) is -3.59. The number of aromatic nitrogens is 1. The Balaban J connectivity index is 1.93. The summed E-state index contributed by atoms with van der Waals surface area (Å²) in [4.78, 5) is 22.6. The zero-order valence-corrected chi connectivity index (χ0v) is 20.9. The van der Waals surface area contributed by atoms with Crippen molar-refractivity contribution in [2.75, 3.05) is 18.6 Å². The molecule has 3 rings (SSSR count). The molecule has 0 bridgehead atoms. The highest BCUT2D eigenvalue weighted by atomic mass is 32.2. The van der Waals surface area contributed by atoms with Crippen LogP contribution in [0.1, 0.15) is 68.4 Å². The van der Waals surface area contributed by atoms with Crippen molar-refractivity contribution in [2.45, 2.75) is 64.1 Å². The Morgan fingerprint density at radius 2 is 2.00 bits per heavy atom. The number of ether oxygens (including phenoxy) is 1. The number of halogens is 3. The zero-order valence-electron chi connectivity index (χ0n) is 20.1. The van der Waals surface area contributed by atoms with E-state index in [4.69, 9.17) is 9.57 Å². The van der Waals surface area contributed by atoms with Crippen molar-refractivity contribution in [2.24, 2.45) is 11.1 Å². The smallest absolute Gasteiger partial charge is 0.422 e. The van der Waals surface area contributed by atoms with Crippen LogP contribution in [0.4, 0.5) is 13.2 Å². The Morgan fingerprint density at radius 1 is 1.31 bits per heavy atom. The van der Waals surface area contributed by atoms with Crippen molar-refractivity contribution < 1.29 is 36.0 Å². The van der Waals surface area contributed by atoms with E-state index in [0.29, 0.717) is 23.5 Å². The van der Waals surface area contributed by atoms with Gasteiger partial charge < -0.3 is 14.9 Å². The highest BCUT2D eigenvalue weighted by Crippen LogP contribution is 2.41. The van der Waals surface area contributed by atoms with Crippen LogP contribution in [0.2, 0.25) is 0 Å². The Hall–Kier alpha value is -2.63. The maximum absolute atomic E-state index is 13.2. The number of alkyl halides is 3. The topological polar surface area (TPSA) is 107 Å². The number of amides is 1. The molecule has 8 nitrogen and oxygen atoms in total. The zero-order chi connectivity index (χ0) is 26.0. The van der Waals surface area contributed by atoms with E-state index in [9.17, 15) is 26.4 Å². The number of nitrogens with one attached hydrogen (secondary N) is 1. The lowest BCUT2D eigenvalue weighted by molar-refractivity contribution is -0.153. The maximum Gasteiger partial charge on any atom is 0.422 e. The van der Waals surface area contributed by atoms with Gasteiger partial charge in [0.05, 0.1) is 17.0 Å². The minimum absolute atomic E-state index is 0.0208. The molecule has 12 heteroatoms. The van der Waals surface area contributed by atoms with Crippen LogP contribution in [-0.4, -0.2) is 55.4 Å². The van der Waals surface area contributed by atoms with Gasteiger partial charge in [-0.1, -0.05) is 18.5 Å². The number of carbonyl (C=O) groups excluding carboxylic acids is 1. The Labute approximate surface area is 202 Å².